The SMILES string of the molecule is Cc1ccccc1CCNc1ncnc2cc(-c3ncccc3C(F)(F)F)ccc12. The maximum atomic E-state index is 13.3. The van der Waals surface area contributed by atoms with E-state index in [0.717, 1.165) is 17.9 Å². The Morgan fingerprint density at radius 2 is 1.77 bits per heavy atom. The standard InChI is InChI=1S/C23H19F3N4/c1-15-5-2-3-6-16(15)10-12-28-22-18-9-8-17(13-20(18)29-14-30-22)21-19(23(24,25)26)7-4-11-27-21/h2-9,11,13-14H,10,12H2,1H3,(H,28,29,30). The molecule has 0 aliphatic heterocycles. The van der Waals surface area contributed by atoms with Gasteiger partial charge in [0.15, 0.2) is 0 Å². The van der Waals surface area contributed by atoms with Crippen LogP contribution in [-0.2, 0) is 12.6 Å². The van der Waals surface area contributed by atoms with Crippen LogP contribution in [0.25, 0.3) is 22.2 Å². The zero-order valence-electron chi connectivity index (χ0n) is 16.2. The molecule has 4 aromatic rings. The van der Waals surface area contributed by atoms with Gasteiger partial charge in [0.05, 0.1) is 16.8 Å². The molecule has 0 saturated carbocycles. The zero-order valence-corrected chi connectivity index (χ0v) is 16.2. The Kier molecular flexibility index (Phi) is 5.35. The average Bonchev–Trinajstić information content (AvgIpc) is 2.74. The van der Waals surface area contributed by atoms with E-state index in [1.807, 2.05) is 12.1 Å². The molecule has 0 amide bonds. The van der Waals surface area contributed by atoms with E-state index in [9.17, 15) is 13.2 Å². The van der Waals surface area contributed by atoms with Crippen molar-refractivity contribution < 1.29 is 13.2 Å². The fourth-order valence-corrected chi connectivity index (χ4v) is 3.42. The molecule has 0 radical (unpaired) electrons. The molecule has 7 heteroatoms. The summed E-state index contributed by atoms with van der Waals surface area (Å²) in [5, 5.41) is 4.06. The van der Waals surface area contributed by atoms with Gasteiger partial charge in [-0.2, -0.15) is 13.2 Å². The third-order valence-corrected chi connectivity index (χ3v) is 4.97. The maximum Gasteiger partial charge on any atom is 0.418 e. The predicted molar refractivity (Wildman–Crippen MR) is 111 cm³/mol. The van der Waals surface area contributed by atoms with Crippen LogP contribution in [0.1, 0.15) is 16.7 Å². The van der Waals surface area contributed by atoms with Crippen molar-refractivity contribution in [1.82, 2.24) is 15.0 Å². The normalized spacial score (nSPS) is 11.6. The Morgan fingerprint density at radius 3 is 2.57 bits per heavy atom. The quantitative estimate of drug-likeness (QED) is 0.462. The molecule has 2 aromatic carbocycles. The van der Waals surface area contributed by atoms with Gasteiger partial charge in [0.2, 0.25) is 0 Å². The van der Waals surface area contributed by atoms with E-state index in [1.165, 1.54) is 29.7 Å². The lowest BCUT2D eigenvalue weighted by Crippen LogP contribution is -2.09. The van der Waals surface area contributed by atoms with Crippen molar-refractivity contribution in [2.75, 3.05) is 11.9 Å². The van der Waals surface area contributed by atoms with E-state index < -0.39 is 11.7 Å². The highest BCUT2D eigenvalue weighted by atomic mass is 19.4. The van der Waals surface area contributed by atoms with Crippen molar-refractivity contribution in [3.8, 4) is 11.3 Å². The summed E-state index contributed by atoms with van der Waals surface area (Å²) in [6.45, 7) is 2.75. The predicted octanol–water partition coefficient (Wildman–Crippen LogP) is 5.67. The minimum atomic E-state index is -4.48. The number of rotatable bonds is 5. The third-order valence-electron chi connectivity index (χ3n) is 4.97. The van der Waals surface area contributed by atoms with E-state index >= 15 is 0 Å². The number of benzene rings is 2. The van der Waals surface area contributed by atoms with E-state index in [2.05, 4.69) is 39.3 Å². The van der Waals surface area contributed by atoms with Crippen LogP contribution in [0.15, 0.2) is 67.1 Å². The number of alkyl halides is 3. The van der Waals surface area contributed by atoms with Crippen LogP contribution >= 0.6 is 0 Å². The Morgan fingerprint density at radius 1 is 0.933 bits per heavy atom. The van der Waals surface area contributed by atoms with Gasteiger partial charge in [0.25, 0.3) is 0 Å². The monoisotopic (exact) mass is 408 g/mol. The average molecular weight is 408 g/mol. The third kappa shape index (κ3) is 4.10. The fourth-order valence-electron chi connectivity index (χ4n) is 3.42. The van der Waals surface area contributed by atoms with E-state index in [0.29, 0.717) is 23.4 Å². The minimum Gasteiger partial charge on any atom is -0.369 e. The van der Waals surface area contributed by atoms with Crippen molar-refractivity contribution >= 4 is 16.7 Å². The van der Waals surface area contributed by atoms with Gasteiger partial charge in [-0.1, -0.05) is 30.3 Å². The summed E-state index contributed by atoms with van der Waals surface area (Å²) in [7, 11) is 0. The van der Waals surface area contributed by atoms with Gasteiger partial charge in [-0.05, 0) is 48.7 Å². The highest BCUT2D eigenvalue weighted by molar-refractivity contribution is 5.91. The zero-order chi connectivity index (χ0) is 21.1. The highest BCUT2D eigenvalue weighted by Crippen LogP contribution is 2.36. The molecule has 0 spiro atoms. The Bertz CT molecular complexity index is 1190. The van der Waals surface area contributed by atoms with Crippen molar-refractivity contribution in [3.63, 3.8) is 0 Å². The molecule has 0 bridgehead atoms. The first-order valence-corrected chi connectivity index (χ1v) is 9.49. The lowest BCUT2D eigenvalue weighted by molar-refractivity contribution is -0.137. The van der Waals surface area contributed by atoms with Gasteiger partial charge in [-0.15, -0.1) is 0 Å². The van der Waals surface area contributed by atoms with Crippen molar-refractivity contribution in [1.29, 1.82) is 0 Å². The molecule has 2 heterocycles. The first kappa shape index (κ1) is 19.8. The molecule has 4 nitrogen and oxygen atoms in total. The topological polar surface area (TPSA) is 50.7 Å². The molecule has 0 fully saturated rings. The summed E-state index contributed by atoms with van der Waals surface area (Å²) < 4.78 is 40.0. The van der Waals surface area contributed by atoms with Gasteiger partial charge in [0, 0.05) is 23.7 Å². The largest absolute Gasteiger partial charge is 0.418 e. The van der Waals surface area contributed by atoms with Crippen LogP contribution in [-0.4, -0.2) is 21.5 Å². The highest BCUT2D eigenvalue weighted by Gasteiger charge is 2.34. The summed E-state index contributed by atoms with van der Waals surface area (Å²) in [4.78, 5) is 12.5. The number of aromatic nitrogens is 3. The number of aryl methyl sites for hydroxylation is 1. The van der Waals surface area contributed by atoms with E-state index in [4.69, 9.17) is 0 Å². The molecule has 0 aliphatic rings. The van der Waals surface area contributed by atoms with Crippen LogP contribution in [0.3, 0.4) is 0 Å². The fraction of sp³-hybridized carbons (Fsp3) is 0.174. The van der Waals surface area contributed by atoms with Gasteiger partial charge >= 0.3 is 6.18 Å². The number of pyridine rings is 1. The number of halogens is 3. The number of anilines is 1. The summed E-state index contributed by atoms with van der Waals surface area (Å²) >= 11 is 0. The second-order valence-corrected chi connectivity index (χ2v) is 6.95. The molecule has 1 N–H and O–H groups in total. The number of fused-ring (bicyclic) bond motifs is 1. The molecule has 2 aromatic heterocycles. The summed E-state index contributed by atoms with van der Waals surface area (Å²) in [5.41, 5.74) is 2.52. The Balaban J connectivity index is 1.61. The van der Waals surface area contributed by atoms with Gasteiger partial charge < -0.3 is 5.32 Å². The number of nitrogens with one attached hydrogen (secondary N) is 1. The van der Waals surface area contributed by atoms with E-state index in [-0.39, 0.29) is 5.69 Å². The lowest BCUT2D eigenvalue weighted by Gasteiger charge is -2.13. The first-order valence-electron chi connectivity index (χ1n) is 9.49. The second-order valence-electron chi connectivity index (χ2n) is 6.95. The molecule has 152 valence electrons. The smallest absolute Gasteiger partial charge is 0.369 e. The summed E-state index contributed by atoms with van der Waals surface area (Å²) in [6, 6.07) is 15.5. The van der Waals surface area contributed by atoms with Crippen LogP contribution in [0, 0.1) is 6.92 Å². The molecular weight excluding hydrogens is 389 g/mol. The molecule has 0 aliphatic carbocycles. The number of hydrogen-bond donors (Lipinski definition) is 1. The second kappa shape index (κ2) is 8.10. The van der Waals surface area contributed by atoms with Crippen LogP contribution < -0.4 is 5.32 Å². The Hall–Kier alpha value is -3.48. The van der Waals surface area contributed by atoms with Crippen molar-refractivity contribution in [2.24, 2.45) is 0 Å². The molecule has 4 rings (SSSR count). The number of nitrogens with zero attached hydrogens (tertiary/aromatic N) is 3. The summed E-state index contributed by atoms with van der Waals surface area (Å²) in [6.07, 6.45) is -0.885. The van der Waals surface area contributed by atoms with Crippen LogP contribution in [0.5, 0.6) is 0 Å². The molecule has 0 unspecified atom stereocenters. The van der Waals surface area contributed by atoms with Crippen molar-refractivity contribution in [2.45, 2.75) is 19.5 Å². The maximum absolute atomic E-state index is 13.3. The minimum absolute atomic E-state index is 0.112. The van der Waals surface area contributed by atoms with E-state index in [1.54, 1.807) is 18.2 Å². The number of hydrogen-bond acceptors (Lipinski definition) is 4. The molecule has 0 atom stereocenters. The lowest BCUT2D eigenvalue weighted by atomic mass is 10.0. The van der Waals surface area contributed by atoms with Crippen LogP contribution in [0.4, 0.5) is 19.0 Å². The summed E-state index contributed by atoms with van der Waals surface area (Å²) in [5.74, 6) is 0.650. The molecular formula is C23H19F3N4. The molecule has 30 heavy (non-hydrogen) atoms. The van der Waals surface area contributed by atoms with Crippen molar-refractivity contribution in [3.05, 3.63) is 83.8 Å². The first-order chi connectivity index (χ1) is 14.4. The van der Waals surface area contributed by atoms with Crippen LogP contribution in [0.2, 0.25) is 0 Å². The van der Waals surface area contributed by atoms with Gasteiger partial charge in [-0.25, -0.2) is 9.97 Å². The van der Waals surface area contributed by atoms with Gasteiger partial charge in [0.1, 0.15) is 12.1 Å². The molecule has 0 saturated heterocycles. The van der Waals surface area contributed by atoms with Gasteiger partial charge in [-0.3, -0.25) is 4.98 Å². The Labute approximate surface area is 171 Å².